The van der Waals surface area contributed by atoms with Crippen LogP contribution < -0.4 is 5.32 Å². The first-order valence-corrected chi connectivity index (χ1v) is 11.5. The number of amides is 2. The smallest absolute Gasteiger partial charge is 0.326 e. The van der Waals surface area contributed by atoms with E-state index in [0.717, 1.165) is 6.54 Å². The van der Waals surface area contributed by atoms with Gasteiger partial charge in [0.15, 0.2) is 0 Å². The number of hydrogen-bond donors (Lipinski definition) is 1. The van der Waals surface area contributed by atoms with Crippen LogP contribution in [0.5, 0.6) is 0 Å². The molecule has 10 heteroatoms. The summed E-state index contributed by atoms with van der Waals surface area (Å²) in [7, 11) is 5.48. The quantitative estimate of drug-likeness (QED) is 0.107. The van der Waals surface area contributed by atoms with Crippen molar-refractivity contribution < 1.29 is 28.6 Å². The minimum absolute atomic E-state index is 0. The van der Waals surface area contributed by atoms with Gasteiger partial charge in [-0.3, -0.25) is 4.79 Å². The van der Waals surface area contributed by atoms with E-state index in [9.17, 15) is 14.4 Å². The zero-order valence-corrected chi connectivity index (χ0v) is 24.2. The summed E-state index contributed by atoms with van der Waals surface area (Å²) in [6.45, 7) is 12.7. The molecule has 1 N–H and O–H groups in total. The Bertz CT molecular complexity index is 501. The Labute approximate surface area is 195 Å². The van der Waals surface area contributed by atoms with E-state index in [1.165, 1.54) is 11.9 Å². The van der Waals surface area contributed by atoms with Gasteiger partial charge in [0.05, 0.1) is 32.5 Å². The Morgan fingerprint density at radius 3 is 2.06 bits per heavy atom. The molecular weight excluding hydrogens is 671 g/mol. The molecule has 0 spiro atoms. The Hall–Kier alpha value is -2.71. The van der Waals surface area contributed by atoms with E-state index in [1.807, 2.05) is 32.8 Å². The molecule has 0 saturated heterocycles. The van der Waals surface area contributed by atoms with E-state index < -0.39 is 17.6 Å². The van der Waals surface area contributed by atoms with Crippen molar-refractivity contribution in [1.82, 2.24) is 15.1 Å². The van der Waals surface area contributed by atoms with Crippen LogP contribution in [0.1, 0.15) is 60.3 Å². The van der Waals surface area contributed by atoms with Crippen LogP contribution in [-0.2, 0) is 28.6 Å². The van der Waals surface area contributed by atoms with Crippen molar-refractivity contribution in [2.75, 3.05) is 60.7 Å². The Morgan fingerprint density at radius 1 is 0.970 bits per heavy atom. The van der Waals surface area contributed by atoms with Crippen molar-refractivity contribution in [1.29, 1.82) is 0 Å². The molecular formula is C23H46FmN3O6-. The standard InChI is InChI=1S/C21H40N3O6.C2H6.Fm/c1-21(2,3)30-20(27)18(24(6)17-25)9-7-8-11-22-19(26)10-13-28-15-16-29-14-12-23(4)5;1-2;/h18H,7-16H2,1-6H3,(H,22,26);1-2H3;/q-1;;. The second kappa shape index (κ2) is 21.2. The first kappa shape index (κ1) is 34.9. The van der Waals surface area contributed by atoms with Crippen molar-refractivity contribution in [3.63, 3.8) is 0 Å². The third-order valence-corrected chi connectivity index (χ3v) is 4.05. The van der Waals surface area contributed by atoms with Crippen LogP contribution in [0.25, 0.3) is 0 Å². The molecule has 0 aromatic carbocycles. The van der Waals surface area contributed by atoms with E-state index >= 15 is 0 Å². The zero-order valence-electron chi connectivity index (χ0n) is 21.8. The summed E-state index contributed by atoms with van der Waals surface area (Å²) < 4.78 is 16.1. The monoisotopic (exact) mass is 717 g/mol. The van der Waals surface area contributed by atoms with E-state index in [1.54, 1.807) is 27.2 Å². The van der Waals surface area contributed by atoms with Crippen molar-refractivity contribution in [2.45, 2.75) is 71.9 Å². The van der Waals surface area contributed by atoms with Gasteiger partial charge in [0.25, 0.3) is 0 Å². The van der Waals surface area contributed by atoms with Crippen LogP contribution in [0, 0.1) is 0 Å². The van der Waals surface area contributed by atoms with Crippen molar-refractivity contribution >= 4 is 18.3 Å². The Kier molecular flexibility index (Phi) is 22.4. The molecule has 0 saturated carbocycles. The molecule has 1 unspecified atom stereocenters. The van der Waals surface area contributed by atoms with Gasteiger partial charge in [-0.25, -0.2) is 4.79 Å². The summed E-state index contributed by atoms with van der Waals surface area (Å²) >= 11 is 0. The maximum Gasteiger partial charge on any atom is 0.326 e. The first-order chi connectivity index (χ1) is 15.1. The van der Waals surface area contributed by atoms with Crippen molar-refractivity contribution in [3.05, 3.63) is 0 Å². The largest absolute Gasteiger partial charge is 0.520 e. The molecule has 0 aromatic rings. The number of unbranched alkanes of at least 4 members (excludes halogenated alkanes) is 1. The van der Waals surface area contributed by atoms with Gasteiger partial charge in [-0.2, -0.15) is 6.41 Å². The van der Waals surface area contributed by atoms with Crippen LogP contribution in [0.15, 0.2) is 0 Å². The molecule has 0 aliphatic rings. The summed E-state index contributed by atoms with van der Waals surface area (Å²) in [5, 5.41) is 2.83. The second-order valence-corrected chi connectivity index (χ2v) is 8.38. The average Bonchev–Trinajstić information content (AvgIpc) is 2.71. The predicted octanol–water partition coefficient (Wildman–Crippen LogP) is 1.99. The molecule has 0 aliphatic carbocycles. The predicted molar refractivity (Wildman–Crippen MR) is 126 cm³/mol. The summed E-state index contributed by atoms with van der Waals surface area (Å²) in [4.78, 5) is 38.2. The molecule has 0 bridgehead atoms. The Balaban J connectivity index is -0.00000291. The maximum absolute atomic E-state index is 12.3. The van der Waals surface area contributed by atoms with Gasteiger partial charge in [-0.1, -0.05) is 13.8 Å². The fraction of sp³-hybridized carbons (Fsp3) is 0.870. The van der Waals surface area contributed by atoms with Crippen LogP contribution in [0.3, 0.4) is 0 Å². The number of nitrogens with zero attached hydrogens (tertiary/aromatic N) is 2. The van der Waals surface area contributed by atoms with E-state index in [0.29, 0.717) is 58.7 Å². The summed E-state index contributed by atoms with van der Waals surface area (Å²) in [6.07, 6.45) is 3.83. The number of ether oxygens (including phenoxy) is 3. The van der Waals surface area contributed by atoms with Crippen LogP contribution >= 0.6 is 0 Å². The second-order valence-electron chi connectivity index (χ2n) is 8.38. The molecule has 2 amide bonds. The topological polar surface area (TPSA) is 97.4 Å². The molecule has 1 atom stereocenters. The minimum Gasteiger partial charge on any atom is -0.520 e. The van der Waals surface area contributed by atoms with Gasteiger partial charge in [0, 0.05) is 19.5 Å². The molecule has 202 valence electrons. The number of likely N-dealkylation sites (N-methyl/N-ethyl adjacent to an activating group) is 2. The number of nitrogens with one attached hydrogen (secondary N) is 1. The van der Waals surface area contributed by atoms with Crippen molar-refractivity contribution in [3.8, 4) is 0 Å². The number of hydrogen-bond acceptors (Lipinski definition) is 7. The normalized spacial score (nSPS) is 11.5. The zero-order chi connectivity index (χ0) is 25.0. The van der Waals surface area contributed by atoms with Gasteiger partial charge in [-0.05, 0) is 61.2 Å². The molecule has 0 fully saturated rings. The number of carbonyl (C=O) groups is 2. The number of rotatable bonds is 17. The van der Waals surface area contributed by atoms with Gasteiger partial charge in [-0.15, -0.1) is 0 Å². The molecule has 0 heterocycles. The van der Waals surface area contributed by atoms with Crippen LogP contribution in [0.4, 0.5) is 0 Å². The Morgan fingerprint density at radius 2 is 1.55 bits per heavy atom. The van der Waals surface area contributed by atoms with Gasteiger partial charge < -0.3 is 34.1 Å². The van der Waals surface area contributed by atoms with E-state index in [2.05, 4.69) is 5.32 Å². The fourth-order valence-corrected chi connectivity index (χ4v) is 2.42. The first-order valence-electron chi connectivity index (χ1n) is 11.5. The SMILES string of the molecule is CC.CN(C)CCOCCOCCC(=O)NCCCCC(C(=O)OC(C)(C)C)N(C)[C-]=O.[Fm]. The molecule has 0 aliphatic heterocycles. The molecule has 9 nitrogen and oxygen atoms in total. The summed E-state index contributed by atoms with van der Waals surface area (Å²) in [5.41, 5.74) is -0.618. The van der Waals surface area contributed by atoms with E-state index in [-0.39, 0.29) is 5.91 Å². The third kappa shape index (κ3) is 22.3. The van der Waals surface area contributed by atoms with Crippen LogP contribution in [0.2, 0.25) is 0 Å². The van der Waals surface area contributed by atoms with Gasteiger partial charge in [0.1, 0.15) is 5.60 Å². The number of carbonyl (C=O) groups excluding carboxylic acids is 3. The molecule has 0 aromatic heterocycles. The van der Waals surface area contributed by atoms with E-state index in [4.69, 9.17) is 14.2 Å². The van der Waals surface area contributed by atoms with Crippen LogP contribution in [-0.4, -0.2) is 100 Å². The summed E-state index contributed by atoms with van der Waals surface area (Å²) in [5.74, 6) is -0.522. The number of esters is 1. The summed E-state index contributed by atoms with van der Waals surface area (Å²) in [6, 6.07) is -0.675. The average molecular weight is 718 g/mol. The fourth-order valence-electron chi connectivity index (χ4n) is 2.42. The van der Waals surface area contributed by atoms with Crippen molar-refractivity contribution in [2.24, 2.45) is 0 Å². The molecule has 0 radical (unpaired) electrons. The van der Waals surface area contributed by atoms with Gasteiger partial charge in [0.2, 0.25) is 5.91 Å². The third-order valence-electron chi connectivity index (χ3n) is 4.05. The molecule has 0 rings (SSSR count). The molecule has 33 heavy (non-hydrogen) atoms. The minimum atomic E-state index is -0.675. The maximum atomic E-state index is 12.3. The van der Waals surface area contributed by atoms with Gasteiger partial charge >= 0.3 is 5.97 Å².